The van der Waals surface area contributed by atoms with Crippen LogP contribution < -0.4 is 15.0 Å². The number of ether oxygens (including phenoxy) is 1. The summed E-state index contributed by atoms with van der Waals surface area (Å²) >= 11 is 1.93. The Morgan fingerprint density at radius 1 is 1.03 bits per heavy atom. The lowest BCUT2D eigenvalue weighted by molar-refractivity contribution is 0.398. The van der Waals surface area contributed by atoms with E-state index in [-0.39, 0.29) is 0 Å². The molecule has 1 saturated heterocycles. The van der Waals surface area contributed by atoms with E-state index in [4.69, 9.17) is 9.72 Å². The topological polar surface area (TPSA) is 76.1 Å². The van der Waals surface area contributed by atoms with E-state index in [0.717, 1.165) is 30.4 Å². The average Bonchev–Trinajstić information content (AvgIpc) is 2.85. The maximum atomic E-state index is 5.14. The molecule has 4 heterocycles. The Hall–Kier alpha value is -3.39. The molecule has 1 aromatic carbocycles. The molecule has 5 rings (SSSR count). The highest BCUT2D eigenvalue weighted by Gasteiger charge is 2.28. The molecule has 3 aromatic heterocycles. The van der Waals surface area contributed by atoms with Gasteiger partial charge in [0.1, 0.15) is 11.6 Å². The van der Waals surface area contributed by atoms with E-state index in [1.165, 1.54) is 27.8 Å². The smallest absolute Gasteiger partial charge is 0.212 e. The van der Waals surface area contributed by atoms with Gasteiger partial charge in [-0.15, -0.1) is 0 Å². The van der Waals surface area contributed by atoms with Crippen LogP contribution in [0.2, 0.25) is 0 Å². The maximum absolute atomic E-state index is 5.14. The van der Waals surface area contributed by atoms with Crippen molar-refractivity contribution in [2.24, 2.45) is 5.92 Å². The Labute approximate surface area is 210 Å². The highest BCUT2D eigenvalue weighted by Crippen LogP contribution is 2.37. The Bertz CT molecular complexity index is 1320. The maximum Gasteiger partial charge on any atom is 0.212 e. The number of pyridine rings is 2. The molecule has 0 atom stereocenters. The number of benzene rings is 1. The van der Waals surface area contributed by atoms with E-state index in [0.29, 0.717) is 23.4 Å². The van der Waals surface area contributed by atoms with E-state index in [1.54, 1.807) is 25.6 Å². The number of rotatable bonds is 8. The first kappa shape index (κ1) is 23.4. The lowest BCUT2D eigenvalue weighted by atomic mass is 9.93. The van der Waals surface area contributed by atoms with Crippen LogP contribution in [-0.4, -0.2) is 52.1 Å². The third-order valence-electron chi connectivity index (χ3n) is 6.35. The Balaban J connectivity index is 1.44. The van der Waals surface area contributed by atoms with Gasteiger partial charge in [0.2, 0.25) is 5.88 Å². The van der Waals surface area contributed by atoms with Crippen molar-refractivity contribution in [1.82, 2.24) is 19.9 Å². The second kappa shape index (κ2) is 10.1. The minimum absolute atomic E-state index is 0.413. The van der Waals surface area contributed by atoms with Gasteiger partial charge in [0.05, 0.1) is 7.11 Å². The minimum atomic E-state index is 0.413. The highest BCUT2D eigenvalue weighted by molar-refractivity contribution is 7.98. The summed E-state index contributed by atoms with van der Waals surface area (Å²) in [4.78, 5) is 20.6. The first-order valence-electron chi connectivity index (χ1n) is 11.8. The summed E-state index contributed by atoms with van der Waals surface area (Å²) in [5.74, 6) is 5.00. The Morgan fingerprint density at radius 3 is 2.60 bits per heavy atom. The second-order valence-electron chi connectivity index (χ2n) is 9.15. The number of fused-ring (bicyclic) bond motifs is 1. The summed E-state index contributed by atoms with van der Waals surface area (Å²) in [6.07, 6.45) is 7.63. The number of nitrogens with zero attached hydrogens (tertiary/aromatic N) is 5. The molecule has 0 aliphatic carbocycles. The van der Waals surface area contributed by atoms with Gasteiger partial charge in [0.25, 0.3) is 0 Å². The number of anilines is 3. The zero-order valence-corrected chi connectivity index (χ0v) is 21.3. The quantitative estimate of drug-likeness (QED) is 0.337. The van der Waals surface area contributed by atoms with E-state index >= 15 is 0 Å². The zero-order chi connectivity index (χ0) is 24.4. The fraction of sp³-hybridized carbons (Fsp3) is 0.333. The highest BCUT2D eigenvalue weighted by atomic mass is 32.2. The van der Waals surface area contributed by atoms with Crippen LogP contribution in [0.4, 0.5) is 17.3 Å². The van der Waals surface area contributed by atoms with E-state index in [2.05, 4.69) is 63.5 Å². The van der Waals surface area contributed by atoms with E-state index < -0.39 is 0 Å². The summed E-state index contributed by atoms with van der Waals surface area (Å²) < 4.78 is 5.14. The van der Waals surface area contributed by atoms with Crippen molar-refractivity contribution < 1.29 is 4.74 Å². The molecule has 0 bridgehead atoms. The van der Waals surface area contributed by atoms with Crippen LogP contribution in [0.15, 0.2) is 55.0 Å². The molecule has 0 spiro atoms. The monoisotopic (exact) mass is 486 g/mol. The molecule has 8 heteroatoms. The largest absolute Gasteiger partial charge is 0.481 e. The molecule has 4 aromatic rings. The molecule has 0 unspecified atom stereocenters. The van der Waals surface area contributed by atoms with Crippen molar-refractivity contribution >= 4 is 39.9 Å². The number of methoxy groups -OCH3 is 1. The number of nitrogens with one attached hydrogen (secondary N) is 1. The van der Waals surface area contributed by atoms with Crippen molar-refractivity contribution in [1.29, 1.82) is 0 Å². The first-order chi connectivity index (χ1) is 17.1. The Kier molecular flexibility index (Phi) is 6.72. The van der Waals surface area contributed by atoms with Crippen LogP contribution in [0.5, 0.6) is 5.88 Å². The summed E-state index contributed by atoms with van der Waals surface area (Å²) in [7, 11) is 1.60. The SMILES string of the molecule is COc1ccc(-c2nccc(Nc3cc4c(C(C)C)ccc(N5CC(CSC)C5)c4cn3)n2)cn1. The fourth-order valence-corrected chi connectivity index (χ4v) is 5.22. The predicted octanol–water partition coefficient (Wildman–Crippen LogP) is 5.76. The molecule has 1 aliphatic heterocycles. The minimum Gasteiger partial charge on any atom is -0.481 e. The van der Waals surface area contributed by atoms with Gasteiger partial charge in [-0.05, 0) is 53.1 Å². The molecule has 1 aliphatic rings. The molecule has 35 heavy (non-hydrogen) atoms. The van der Waals surface area contributed by atoms with Crippen molar-refractivity contribution in [3.63, 3.8) is 0 Å². The molecule has 1 N–H and O–H groups in total. The van der Waals surface area contributed by atoms with E-state index in [1.807, 2.05) is 30.1 Å². The molecule has 7 nitrogen and oxygen atoms in total. The van der Waals surface area contributed by atoms with Gasteiger partial charge in [-0.1, -0.05) is 19.9 Å². The van der Waals surface area contributed by atoms with Crippen LogP contribution in [0.3, 0.4) is 0 Å². The summed E-state index contributed by atoms with van der Waals surface area (Å²) in [5, 5.41) is 5.81. The molecular weight excluding hydrogens is 456 g/mol. The van der Waals surface area contributed by atoms with Crippen molar-refractivity contribution in [3.05, 3.63) is 60.6 Å². The van der Waals surface area contributed by atoms with E-state index in [9.17, 15) is 0 Å². The third-order valence-corrected chi connectivity index (χ3v) is 7.15. The average molecular weight is 487 g/mol. The lowest BCUT2D eigenvalue weighted by Crippen LogP contribution is -2.48. The zero-order valence-electron chi connectivity index (χ0n) is 20.5. The second-order valence-corrected chi connectivity index (χ2v) is 10.1. The normalized spacial score (nSPS) is 13.8. The Morgan fingerprint density at radius 2 is 1.89 bits per heavy atom. The third kappa shape index (κ3) is 4.89. The van der Waals surface area contributed by atoms with Gasteiger partial charge < -0.3 is 15.0 Å². The number of thioether (sulfide) groups is 1. The van der Waals surface area contributed by atoms with Gasteiger partial charge >= 0.3 is 0 Å². The molecule has 0 radical (unpaired) electrons. The molecule has 0 saturated carbocycles. The number of hydrogen-bond acceptors (Lipinski definition) is 8. The van der Waals surface area contributed by atoms with Crippen molar-refractivity contribution in [2.75, 3.05) is 42.4 Å². The summed E-state index contributed by atoms with van der Waals surface area (Å²) in [6.45, 7) is 6.70. The van der Waals surface area contributed by atoms with Gasteiger partial charge in [0.15, 0.2) is 5.82 Å². The van der Waals surface area contributed by atoms with Gasteiger partial charge in [0, 0.05) is 60.3 Å². The fourth-order valence-electron chi connectivity index (χ4n) is 4.53. The van der Waals surface area contributed by atoms with Crippen LogP contribution in [-0.2, 0) is 0 Å². The number of hydrogen-bond donors (Lipinski definition) is 1. The van der Waals surface area contributed by atoms with Crippen LogP contribution in [0.1, 0.15) is 25.3 Å². The lowest BCUT2D eigenvalue weighted by Gasteiger charge is -2.41. The molecule has 180 valence electrons. The predicted molar refractivity (Wildman–Crippen MR) is 145 cm³/mol. The number of aromatic nitrogens is 4. The van der Waals surface area contributed by atoms with Crippen molar-refractivity contribution in [2.45, 2.75) is 19.8 Å². The standard InChI is InChI=1S/C27H30N6OS/c1-17(2)20-6-7-23(33-14-18(15-33)16-35-4)22-13-29-25(11-21(20)22)31-24-9-10-28-27(32-24)19-5-8-26(34-3)30-12-19/h5-13,17-18H,14-16H2,1-4H3,(H,28,29,31,32). The molecule has 1 fully saturated rings. The van der Waals surface area contributed by atoms with Gasteiger partial charge in [-0.3, -0.25) is 0 Å². The summed E-state index contributed by atoms with van der Waals surface area (Å²) in [6, 6.07) is 12.2. The van der Waals surface area contributed by atoms with Crippen LogP contribution in [0.25, 0.3) is 22.2 Å². The molecular formula is C27H30N6OS. The van der Waals surface area contributed by atoms with Gasteiger partial charge in [-0.25, -0.2) is 19.9 Å². The first-order valence-corrected chi connectivity index (χ1v) is 13.2. The van der Waals surface area contributed by atoms with Crippen LogP contribution >= 0.6 is 11.8 Å². The summed E-state index contributed by atoms with van der Waals surface area (Å²) in [5.41, 5.74) is 3.42. The van der Waals surface area contributed by atoms with Crippen LogP contribution in [0, 0.1) is 5.92 Å². The van der Waals surface area contributed by atoms with Gasteiger partial charge in [-0.2, -0.15) is 11.8 Å². The molecule has 0 amide bonds. The van der Waals surface area contributed by atoms with Crippen molar-refractivity contribution in [3.8, 4) is 17.3 Å².